The molecule has 1 heterocycles. The lowest BCUT2D eigenvalue weighted by Crippen LogP contribution is -2.19. The van der Waals surface area contributed by atoms with Gasteiger partial charge >= 0.3 is 6.01 Å². The second-order valence-corrected chi connectivity index (χ2v) is 7.18. The summed E-state index contributed by atoms with van der Waals surface area (Å²) in [6.45, 7) is 4.80. The first-order valence-corrected chi connectivity index (χ1v) is 9.35. The molecule has 1 aliphatic carbocycles. The van der Waals surface area contributed by atoms with E-state index in [2.05, 4.69) is 15.0 Å². The highest BCUT2D eigenvalue weighted by molar-refractivity contribution is 5.67. The molecule has 5 nitrogen and oxygen atoms in total. The largest absolute Gasteiger partial charge is 0.493 e. The minimum absolute atomic E-state index is 0.275. The fraction of sp³-hybridized carbons (Fsp3) is 0.318. The van der Waals surface area contributed by atoms with Gasteiger partial charge in [0.05, 0.1) is 6.61 Å². The average molecular weight is 361 g/mol. The Morgan fingerprint density at radius 1 is 0.926 bits per heavy atom. The summed E-state index contributed by atoms with van der Waals surface area (Å²) in [5.41, 5.74) is 3.87. The van der Waals surface area contributed by atoms with Gasteiger partial charge in [-0.05, 0) is 68.0 Å². The van der Waals surface area contributed by atoms with Crippen LogP contribution in [0.3, 0.4) is 0 Å². The Morgan fingerprint density at radius 3 is 2.22 bits per heavy atom. The lowest BCUT2D eigenvalue weighted by molar-refractivity contribution is 0.180. The molecule has 27 heavy (non-hydrogen) atoms. The van der Waals surface area contributed by atoms with Crippen LogP contribution >= 0.6 is 0 Å². The number of hydrogen-bond donors (Lipinski definition) is 1. The summed E-state index contributed by atoms with van der Waals surface area (Å²) in [6, 6.07) is 13.4. The second-order valence-electron chi connectivity index (χ2n) is 7.18. The number of aromatic nitrogens is 3. The molecule has 0 atom stereocenters. The summed E-state index contributed by atoms with van der Waals surface area (Å²) in [4.78, 5) is 12.8. The summed E-state index contributed by atoms with van der Waals surface area (Å²) < 4.78 is 5.85. The molecule has 5 heteroatoms. The van der Waals surface area contributed by atoms with Crippen LogP contribution in [0.25, 0.3) is 22.8 Å². The molecule has 1 saturated carbocycles. The topological polar surface area (TPSA) is 68.1 Å². The molecule has 3 aromatic rings. The standard InChI is InChI=1S/C22H23N3O2/c1-14-5-3-6-15(2)19(14)21-23-20(24-22(26)25-21)17-9-11-18(12-10-17)27-13-16-7-4-8-16/h3,5-6,9-12,16H,4,7-8,13H2,1-2H3,(H,23,24,25,26). The Bertz CT molecular complexity index is 930. The van der Waals surface area contributed by atoms with E-state index in [0.717, 1.165) is 34.6 Å². The lowest BCUT2D eigenvalue weighted by atomic mass is 9.86. The van der Waals surface area contributed by atoms with Crippen LogP contribution in [0.4, 0.5) is 0 Å². The quantitative estimate of drug-likeness (QED) is 0.713. The van der Waals surface area contributed by atoms with Crippen molar-refractivity contribution in [3.63, 3.8) is 0 Å². The van der Waals surface area contributed by atoms with Gasteiger partial charge in [0.25, 0.3) is 0 Å². The minimum atomic E-state index is -0.275. The van der Waals surface area contributed by atoms with E-state index in [-0.39, 0.29) is 6.01 Å². The van der Waals surface area contributed by atoms with Crippen LogP contribution in [-0.4, -0.2) is 26.7 Å². The van der Waals surface area contributed by atoms with Crippen molar-refractivity contribution in [1.82, 2.24) is 15.0 Å². The highest BCUT2D eigenvalue weighted by Gasteiger charge is 2.18. The van der Waals surface area contributed by atoms with E-state index in [0.29, 0.717) is 17.6 Å². The van der Waals surface area contributed by atoms with E-state index < -0.39 is 0 Å². The minimum Gasteiger partial charge on any atom is -0.493 e. The molecule has 0 unspecified atom stereocenters. The van der Waals surface area contributed by atoms with Crippen LogP contribution in [0.15, 0.2) is 42.5 Å². The third-order valence-corrected chi connectivity index (χ3v) is 5.15. The molecule has 138 valence electrons. The van der Waals surface area contributed by atoms with Crippen molar-refractivity contribution in [1.29, 1.82) is 0 Å². The van der Waals surface area contributed by atoms with Gasteiger partial charge in [-0.3, -0.25) is 0 Å². The molecule has 0 aliphatic heterocycles. The van der Waals surface area contributed by atoms with E-state index >= 15 is 0 Å². The summed E-state index contributed by atoms with van der Waals surface area (Å²) in [7, 11) is 0. The van der Waals surface area contributed by atoms with Crippen molar-refractivity contribution in [2.24, 2.45) is 5.92 Å². The van der Waals surface area contributed by atoms with E-state index in [1.807, 2.05) is 56.3 Å². The van der Waals surface area contributed by atoms with Crippen molar-refractivity contribution in [2.45, 2.75) is 33.1 Å². The third-order valence-electron chi connectivity index (χ3n) is 5.15. The molecule has 1 aliphatic rings. The van der Waals surface area contributed by atoms with Crippen molar-refractivity contribution in [3.8, 4) is 34.5 Å². The normalized spacial score (nSPS) is 14.0. The first-order chi connectivity index (χ1) is 13.1. The lowest BCUT2D eigenvalue weighted by Gasteiger charge is -2.25. The van der Waals surface area contributed by atoms with E-state index in [1.165, 1.54) is 19.3 Å². The smallest absolute Gasteiger partial charge is 0.318 e. The SMILES string of the molecule is Cc1cccc(C)c1-c1nc(O)nc(-c2ccc(OCC3CCC3)cc2)n1. The van der Waals surface area contributed by atoms with Crippen LogP contribution in [0, 0.1) is 19.8 Å². The zero-order valence-electron chi connectivity index (χ0n) is 15.6. The maximum Gasteiger partial charge on any atom is 0.318 e. The predicted molar refractivity (Wildman–Crippen MR) is 105 cm³/mol. The van der Waals surface area contributed by atoms with Crippen LogP contribution in [0.2, 0.25) is 0 Å². The highest BCUT2D eigenvalue weighted by atomic mass is 16.5. The van der Waals surface area contributed by atoms with Crippen LogP contribution in [-0.2, 0) is 0 Å². The van der Waals surface area contributed by atoms with Crippen LogP contribution in [0.5, 0.6) is 11.8 Å². The zero-order valence-corrected chi connectivity index (χ0v) is 15.6. The van der Waals surface area contributed by atoms with Crippen LogP contribution in [0.1, 0.15) is 30.4 Å². The molecule has 0 spiro atoms. The third kappa shape index (κ3) is 3.77. The number of aryl methyl sites for hydroxylation is 2. The fourth-order valence-corrected chi connectivity index (χ4v) is 3.35. The summed E-state index contributed by atoms with van der Waals surface area (Å²) in [5, 5.41) is 10.0. The molecule has 1 fully saturated rings. The maximum atomic E-state index is 10.0. The highest BCUT2D eigenvalue weighted by Crippen LogP contribution is 2.29. The van der Waals surface area contributed by atoms with Gasteiger partial charge in [-0.1, -0.05) is 24.6 Å². The van der Waals surface area contributed by atoms with E-state index in [4.69, 9.17) is 4.74 Å². The van der Waals surface area contributed by atoms with Gasteiger partial charge < -0.3 is 9.84 Å². The molecule has 0 radical (unpaired) electrons. The zero-order chi connectivity index (χ0) is 18.8. The number of ether oxygens (including phenoxy) is 1. The molecule has 0 saturated heterocycles. The Kier molecular flexibility index (Phi) is 4.75. The average Bonchev–Trinajstić information content (AvgIpc) is 2.60. The summed E-state index contributed by atoms with van der Waals surface area (Å²) in [5.74, 6) is 2.48. The van der Waals surface area contributed by atoms with Gasteiger partial charge in [0.2, 0.25) is 0 Å². The van der Waals surface area contributed by atoms with Crippen molar-refractivity contribution < 1.29 is 9.84 Å². The van der Waals surface area contributed by atoms with Crippen molar-refractivity contribution >= 4 is 0 Å². The molecule has 0 amide bonds. The van der Waals surface area contributed by atoms with E-state index in [1.54, 1.807) is 0 Å². The number of hydrogen-bond acceptors (Lipinski definition) is 5. The number of nitrogens with zero attached hydrogens (tertiary/aromatic N) is 3. The van der Waals surface area contributed by atoms with Gasteiger partial charge in [0.15, 0.2) is 11.6 Å². The molecule has 1 aromatic heterocycles. The van der Waals surface area contributed by atoms with Crippen molar-refractivity contribution in [2.75, 3.05) is 6.61 Å². The summed E-state index contributed by atoms with van der Waals surface area (Å²) in [6.07, 6.45) is 3.85. The fourth-order valence-electron chi connectivity index (χ4n) is 3.35. The Labute approximate surface area is 159 Å². The number of benzene rings is 2. The second kappa shape index (κ2) is 7.35. The Hall–Kier alpha value is -2.95. The Morgan fingerprint density at radius 2 is 1.59 bits per heavy atom. The van der Waals surface area contributed by atoms with Gasteiger partial charge in [-0.25, -0.2) is 4.98 Å². The van der Waals surface area contributed by atoms with E-state index in [9.17, 15) is 5.11 Å². The van der Waals surface area contributed by atoms with Gasteiger partial charge in [0.1, 0.15) is 5.75 Å². The molecule has 2 aromatic carbocycles. The number of aromatic hydroxyl groups is 1. The summed E-state index contributed by atoms with van der Waals surface area (Å²) >= 11 is 0. The van der Waals surface area contributed by atoms with Crippen molar-refractivity contribution in [3.05, 3.63) is 53.6 Å². The molecule has 4 rings (SSSR count). The predicted octanol–water partition coefficient (Wildman–Crippen LogP) is 4.71. The molecule has 1 N–H and O–H groups in total. The molecular formula is C22H23N3O2. The van der Waals surface area contributed by atoms with Gasteiger partial charge in [0, 0.05) is 11.1 Å². The monoisotopic (exact) mass is 361 g/mol. The molecular weight excluding hydrogens is 338 g/mol. The molecule has 0 bridgehead atoms. The van der Waals surface area contributed by atoms with Crippen LogP contribution < -0.4 is 4.74 Å². The van der Waals surface area contributed by atoms with Gasteiger partial charge in [-0.2, -0.15) is 9.97 Å². The first-order valence-electron chi connectivity index (χ1n) is 9.35. The first kappa shape index (κ1) is 17.5. The number of rotatable bonds is 5. The Balaban J connectivity index is 1.61. The van der Waals surface area contributed by atoms with Gasteiger partial charge in [-0.15, -0.1) is 0 Å². The maximum absolute atomic E-state index is 10.0.